The van der Waals surface area contributed by atoms with Crippen LogP contribution in [0, 0.1) is 6.92 Å². The molecule has 0 atom stereocenters. The molecule has 0 radical (unpaired) electrons. The van der Waals surface area contributed by atoms with Crippen LogP contribution in [0.5, 0.6) is 0 Å². The first-order valence-corrected chi connectivity index (χ1v) is 6.46. The average Bonchev–Trinajstić information content (AvgIpc) is 2.79. The van der Waals surface area contributed by atoms with Crippen molar-refractivity contribution in [2.75, 3.05) is 0 Å². The number of benzene rings is 1. The van der Waals surface area contributed by atoms with Gasteiger partial charge in [-0.15, -0.1) is 0 Å². The molecule has 0 unspecified atom stereocenters. The van der Waals surface area contributed by atoms with E-state index in [0.29, 0.717) is 6.42 Å². The number of carbonyl (C=O) groups is 1. The Hall–Kier alpha value is -2.10. The van der Waals surface area contributed by atoms with E-state index in [4.69, 9.17) is 5.11 Å². The van der Waals surface area contributed by atoms with Crippen LogP contribution in [0.4, 0.5) is 0 Å². The molecule has 1 aromatic heterocycles. The molecule has 2 rings (SSSR count). The van der Waals surface area contributed by atoms with Crippen molar-refractivity contribution < 1.29 is 9.90 Å². The van der Waals surface area contributed by atoms with Gasteiger partial charge in [-0.05, 0) is 43.0 Å². The van der Waals surface area contributed by atoms with Crippen LogP contribution in [-0.4, -0.2) is 20.9 Å². The Balaban J connectivity index is 2.30. The molecule has 19 heavy (non-hydrogen) atoms. The Morgan fingerprint density at radius 2 is 2.21 bits per heavy atom. The Morgan fingerprint density at radius 1 is 1.42 bits per heavy atom. The molecule has 1 N–H and O–H groups in total. The minimum Gasteiger partial charge on any atom is -0.481 e. The molecule has 0 aliphatic carbocycles. The Labute approximate surface area is 112 Å². The predicted molar refractivity (Wildman–Crippen MR) is 73.6 cm³/mol. The van der Waals surface area contributed by atoms with Crippen molar-refractivity contribution in [1.82, 2.24) is 9.78 Å². The number of hydrogen-bond donors (Lipinski definition) is 1. The van der Waals surface area contributed by atoms with Gasteiger partial charge < -0.3 is 5.11 Å². The van der Waals surface area contributed by atoms with Gasteiger partial charge in [0.25, 0.3) is 0 Å². The highest BCUT2D eigenvalue weighted by Crippen LogP contribution is 2.15. The van der Waals surface area contributed by atoms with Crippen LogP contribution in [0.2, 0.25) is 0 Å². The number of aryl methyl sites for hydroxylation is 3. The van der Waals surface area contributed by atoms with Crippen LogP contribution in [0.3, 0.4) is 0 Å². The molecular weight excluding hydrogens is 240 g/mol. The fourth-order valence-corrected chi connectivity index (χ4v) is 2.10. The van der Waals surface area contributed by atoms with Gasteiger partial charge in [0.1, 0.15) is 0 Å². The fourth-order valence-electron chi connectivity index (χ4n) is 2.10. The summed E-state index contributed by atoms with van der Waals surface area (Å²) >= 11 is 0. The van der Waals surface area contributed by atoms with Crippen molar-refractivity contribution in [3.05, 3.63) is 47.3 Å². The number of carboxylic acid groups (broad SMARTS) is 1. The summed E-state index contributed by atoms with van der Waals surface area (Å²) < 4.78 is 1.84. The van der Waals surface area contributed by atoms with Crippen molar-refractivity contribution >= 4 is 5.97 Å². The van der Waals surface area contributed by atoms with E-state index in [1.807, 2.05) is 42.9 Å². The standard InChI is InChI=1S/C15H18N2O2/c1-3-14-12(7-8-15(18)19)10-17(16-14)13-6-4-5-11(2)9-13/h4-6,9-10H,3,7-8H2,1-2H3,(H,18,19). The first kappa shape index (κ1) is 13.3. The summed E-state index contributed by atoms with van der Waals surface area (Å²) in [7, 11) is 0. The minimum absolute atomic E-state index is 0.145. The Morgan fingerprint density at radius 3 is 2.84 bits per heavy atom. The summed E-state index contributed by atoms with van der Waals surface area (Å²) in [5, 5.41) is 13.3. The van der Waals surface area contributed by atoms with Crippen molar-refractivity contribution in [1.29, 1.82) is 0 Å². The maximum Gasteiger partial charge on any atom is 0.303 e. The number of hydrogen-bond acceptors (Lipinski definition) is 2. The van der Waals surface area contributed by atoms with Gasteiger partial charge in [-0.3, -0.25) is 4.79 Å². The van der Waals surface area contributed by atoms with Crippen LogP contribution in [0.15, 0.2) is 30.5 Å². The lowest BCUT2D eigenvalue weighted by Gasteiger charge is -2.01. The third-order valence-electron chi connectivity index (χ3n) is 3.09. The zero-order valence-electron chi connectivity index (χ0n) is 11.3. The summed E-state index contributed by atoms with van der Waals surface area (Å²) in [6.45, 7) is 4.08. The predicted octanol–water partition coefficient (Wildman–Crippen LogP) is 2.76. The monoisotopic (exact) mass is 258 g/mol. The number of nitrogens with zero attached hydrogens (tertiary/aromatic N) is 2. The van der Waals surface area contributed by atoms with E-state index in [2.05, 4.69) is 11.2 Å². The molecule has 1 aromatic carbocycles. The molecule has 2 aromatic rings. The summed E-state index contributed by atoms with van der Waals surface area (Å²) in [5.74, 6) is -0.773. The van der Waals surface area contributed by atoms with Crippen LogP contribution in [-0.2, 0) is 17.6 Å². The second-order valence-electron chi connectivity index (χ2n) is 4.63. The smallest absolute Gasteiger partial charge is 0.303 e. The zero-order valence-corrected chi connectivity index (χ0v) is 11.3. The second-order valence-corrected chi connectivity index (χ2v) is 4.63. The van der Waals surface area contributed by atoms with Crippen molar-refractivity contribution in [2.45, 2.75) is 33.1 Å². The molecule has 1 heterocycles. The summed E-state index contributed by atoms with van der Waals surface area (Å²) in [4.78, 5) is 10.7. The highest BCUT2D eigenvalue weighted by molar-refractivity contribution is 5.67. The van der Waals surface area contributed by atoms with E-state index in [1.54, 1.807) is 0 Å². The topological polar surface area (TPSA) is 55.1 Å². The van der Waals surface area contributed by atoms with Gasteiger partial charge in [-0.25, -0.2) is 4.68 Å². The normalized spacial score (nSPS) is 10.6. The highest BCUT2D eigenvalue weighted by Gasteiger charge is 2.10. The molecular formula is C15H18N2O2. The Kier molecular flexibility index (Phi) is 4.00. The van der Waals surface area contributed by atoms with E-state index < -0.39 is 5.97 Å². The SMILES string of the molecule is CCc1nn(-c2cccc(C)c2)cc1CCC(=O)O. The van der Waals surface area contributed by atoms with E-state index in [0.717, 1.165) is 23.4 Å². The van der Waals surface area contributed by atoms with Crippen LogP contribution < -0.4 is 0 Å². The van der Waals surface area contributed by atoms with Crippen molar-refractivity contribution in [3.8, 4) is 5.69 Å². The van der Waals surface area contributed by atoms with Gasteiger partial charge in [0.2, 0.25) is 0 Å². The van der Waals surface area contributed by atoms with E-state index in [1.165, 1.54) is 5.56 Å². The van der Waals surface area contributed by atoms with Crippen molar-refractivity contribution in [2.24, 2.45) is 0 Å². The van der Waals surface area contributed by atoms with Gasteiger partial charge in [0, 0.05) is 12.6 Å². The quantitative estimate of drug-likeness (QED) is 0.897. The fraction of sp³-hybridized carbons (Fsp3) is 0.333. The van der Waals surface area contributed by atoms with Crippen LogP contribution in [0.25, 0.3) is 5.69 Å². The number of carboxylic acids is 1. The molecule has 4 heteroatoms. The highest BCUT2D eigenvalue weighted by atomic mass is 16.4. The van der Waals surface area contributed by atoms with Crippen LogP contribution >= 0.6 is 0 Å². The maximum atomic E-state index is 10.7. The average molecular weight is 258 g/mol. The van der Waals surface area contributed by atoms with Gasteiger partial charge in [-0.1, -0.05) is 19.1 Å². The summed E-state index contributed by atoms with van der Waals surface area (Å²) in [6.07, 6.45) is 3.43. The third kappa shape index (κ3) is 3.22. The van der Waals surface area contributed by atoms with Gasteiger partial charge in [0.15, 0.2) is 0 Å². The minimum atomic E-state index is -0.773. The van der Waals surface area contributed by atoms with Gasteiger partial charge >= 0.3 is 5.97 Å². The lowest BCUT2D eigenvalue weighted by molar-refractivity contribution is -0.136. The molecule has 0 saturated heterocycles. The summed E-state index contributed by atoms with van der Waals surface area (Å²) in [6, 6.07) is 8.10. The van der Waals surface area contributed by atoms with E-state index in [9.17, 15) is 4.79 Å². The molecule has 4 nitrogen and oxygen atoms in total. The van der Waals surface area contributed by atoms with Gasteiger partial charge in [-0.2, -0.15) is 5.10 Å². The largest absolute Gasteiger partial charge is 0.481 e. The second kappa shape index (κ2) is 5.69. The zero-order chi connectivity index (χ0) is 13.8. The molecule has 0 saturated carbocycles. The first-order chi connectivity index (χ1) is 9.10. The Bertz CT molecular complexity index is 588. The number of aliphatic carboxylic acids is 1. The molecule has 0 fully saturated rings. The lowest BCUT2D eigenvalue weighted by Crippen LogP contribution is -1.98. The number of rotatable bonds is 5. The molecule has 0 amide bonds. The van der Waals surface area contributed by atoms with E-state index in [-0.39, 0.29) is 6.42 Å². The molecule has 0 aliphatic heterocycles. The van der Waals surface area contributed by atoms with Crippen LogP contribution in [0.1, 0.15) is 30.2 Å². The van der Waals surface area contributed by atoms with Gasteiger partial charge in [0.05, 0.1) is 11.4 Å². The molecule has 0 spiro atoms. The molecule has 0 aliphatic rings. The number of aromatic nitrogens is 2. The van der Waals surface area contributed by atoms with E-state index >= 15 is 0 Å². The third-order valence-corrected chi connectivity index (χ3v) is 3.09. The molecule has 0 bridgehead atoms. The lowest BCUT2D eigenvalue weighted by atomic mass is 10.1. The molecule has 100 valence electrons. The first-order valence-electron chi connectivity index (χ1n) is 6.46. The van der Waals surface area contributed by atoms with Crippen molar-refractivity contribution in [3.63, 3.8) is 0 Å². The maximum absolute atomic E-state index is 10.7. The summed E-state index contributed by atoms with van der Waals surface area (Å²) in [5.41, 5.74) is 4.18.